The average molecular weight is 250 g/mol. The van der Waals surface area contributed by atoms with E-state index in [1.54, 1.807) is 23.2 Å². The van der Waals surface area contributed by atoms with Crippen molar-refractivity contribution in [1.82, 2.24) is 9.88 Å². The Morgan fingerprint density at radius 2 is 2.17 bits per heavy atom. The Bertz CT molecular complexity index is 428. The molecule has 0 unspecified atom stereocenters. The van der Waals surface area contributed by atoms with Crippen LogP contribution >= 0.6 is 0 Å². The molecular weight excluding hydrogens is 232 g/mol. The Labute approximate surface area is 106 Å². The summed E-state index contributed by atoms with van der Waals surface area (Å²) in [5, 5.41) is 0. The lowest BCUT2D eigenvalue weighted by Crippen LogP contribution is -2.48. The number of hydrogen-bond donors (Lipinski definition) is 2. The van der Waals surface area contributed by atoms with Gasteiger partial charge in [0, 0.05) is 24.8 Å². The molecule has 2 rings (SSSR count). The molecule has 6 nitrogen and oxygen atoms in total. The van der Waals surface area contributed by atoms with Crippen LogP contribution in [0.4, 0.5) is 5.82 Å². The lowest BCUT2D eigenvalue weighted by molar-refractivity contribution is -0.0586. The second-order valence-electron chi connectivity index (χ2n) is 4.54. The topological polar surface area (TPSA) is 80.5 Å². The van der Waals surface area contributed by atoms with Crippen molar-refractivity contribution in [3.05, 3.63) is 23.9 Å². The monoisotopic (exact) mass is 250 g/mol. The molecule has 0 saturated carbocycles. The van der Waals surface area contributed by atoms with Gasteiger partial charge in [0.15, 0.2) is 0 Å². The van der Waals surface area contributed by atoms with Crippen LogP contribution in [-0.4, -0.2) is 41.1 Å². The zero-order chi connectivity index (χ0) is 13.1. The van der Waals surface area contributed by atoms with E-state index in [0.717, 1.165) is 0 Å². The van der Waals surface area contributed by atoms with Crippen molar-refractivity contribution in [2.24, 2.45) is 5.84 Å². The number of morpholine rings is 1. The van der Waals surface area contributed by atoms with E-state index in [4.69, 9.17) is 10.6 Å². The lowest BCUT2D eigenvalue weighted by atomic mass is 10.1. The van der Waals surface area contributed by atoms with Gasteiger partial charge in [-0.2, -0.15) is 0 Å². The first-order valence-corrected chi connectivity index (χ1v) is 5.97. The number of nitrogen functional groups attached to an aromatic ring is 1. The predicted octanol–water partition coefficient (Wildman–Crippen LogP) is 0.617. The molecule has 18 heavy (non-hydrogen) atoms. The quantitative estimate of drug-likeness (QED) is 0.594. The molecule has 0 spiro atoms. The Balaban J connectivity index is 2.14. The van der Waals surface area contributed by atoms with E-state index in [0.29, 0.717) is 24.5 Å². The zero-order valence-corrected chi connectivity index (χ0v) is 10.6. The Kier molecular flexibility index (Phi) is 3.78. The van der Waals surface area contributed by atoms with Gasteiger partial charge in [-0.05, 0) is 26.0 Å². The highest BCUT2D eigenvalue weighted by molar-refractivity contribution is 5.94. The number of anilines is 1. The molecule has 2 atom stereocenters. The maximum absolute atomic E-state index is 12.3. The molecule has 6 heteroatoms. The number of nitrogens with two attached hydrogens (primary N) is 1. The molecule has 0 radical (unpaired) electrons. The molecule has 1 aromatic rings. The van der Waals surface area contributed by atoms with E-state index in [-0.39, 0.29) is 18.1 Å². The van der Waals surface area contributed by atoms with Crippen LogP contribution < -0.4 is 11.3 Å². The summed E-state index contributed by atoms with van der Waals surface area (Å²) in [6.07, 6.45) is 1.69. The van der Waals surface area contributed by atoms with E-state index < -0.39 is 0 Å². The highest BCUT2D eigenvalue weighted by atomic mass is 16.5. The first-order chi connectivity index (χ1) is 8.60. The van der Waals surface area contributed by atoms with Gasteiger partial charge in [0.25, 0.3) is 5.91 Å². The standard InChI is InChI=1S/C12H18N4O2/c1-8-6-16(7-9(2)18-8)12(17)10-3-4-14-11(5-10)15-13/h3-5,8-9H,6-7,13H2,1-2H3,(H,14,15)/t8-,9+. The minimum absolute atomic E-state index is 0.0177. The summed E-state index contributed by atoms with van der Waals surface area (Å²) in [5.74, 6) is 5.75. The van der Waals surface area contributed by atoms with Gasteiger partial charge in [-0.3, -0.25) is 4.79 Å². The van der Waals surface area contributed by atoms with Gasteiger partial charge in [-0.1, -0.05) is 0 Å². The van der Waals surface area contributed by atoms with E-state index in [9.17, 15) is 4.79 Å². The van der Waals surface area contributed by atoms with E-state index >= 15 is 0 Å². The maximum atomic E-state index is 12.3. The fraction of sp³-hybridized carbons (Fsp3) is 0.500. The fourth-order valence-corrected chi connectivity index (χ4v) is 2.17. The number of ether oxygens (including phenoxy) is 1. The van der Waals surface area contributed by atoms with Crippen molar-refractivity contribution in [1.29, 1.82) is 0 Å². The number of carbonyl (C=O) groups excluding carboxylic acids is 1. The van der Waals surface area contributed by atoms with E-state index in [1.165, 1.54) is 0 Å². The van der Waals surface area contributed by atoms with Crippen LogP contribution in [-0.2, 0) is 4.74 Å². The number of amides is 1. The van der Waals surface area contributed by atoms with Crippen molar-refractivity contribution < 1.29 is 9.53 Å². The molecule has 1 amide bonds. The molecular formula is C12H18N4O2. The summed E-state index contributed by atoms with van der Waals surface area (Å²) < 4.78 is 5.61. The molecule has 1 aliphatic heterocycles. The van der Waals surface area contributed by atoms with E-state index in [1.807, 2.05) is 13.8 Å². The Hall–Kier alpha value is -1.66. The van der Waals surface area contributed by atoms with Crippen molar-refractivity contribution in [3.63, 3.8) is 0 Å². The van der Waals surface area contributed by atoms with Crippen LogP contribution in [0, 0.1) is 0 Å². The highest BCUT2D eigenvalue weighted by Gasteiger charge is 2.26. The van der Waals surface area contributed by atoms with E-state index in [2.05, 4.69) is 10.4 Å². The maximum Gasteiger partial charge on any atom is 0.254 e. The normalized spacial score (nSPS) is 23.8. The first-order valence-electron chi connectivity index (χ1n) is 5.97. The Morgan fingerprint density at radius 3 is 2.78 bits per heavy atom. The van der Waals surface area contributed by atoms with Gasteiger partial charge in [-0.25, -0.2) is 10.8 Å². The predicted molar refractivity (Wildman–Crippen MR) is 68.0 cm³/mol. The molecule has 3 N–H and O–H groups in total. The highest BCUT2D eigenvalue weighted by Crippen LogP contribution is 2.15. The average Bonchev–Trinajstić information content (AvgIpc) is 2.37. The third-order valence-electron chi connectivity index (χ3n) is 2.86. The van der Waals surface area contributed by atoms with Crippen LogP contribution in [0.2, 0.25) is 0 Å². The zero-order valence-electron chi connectivity index (χ0n) is 10.6. The molecule has 1 fully saturated rings. The van der Waals surface area contributed by atoms with Crippen LogP contribution in [0.25, 0.3) is 0 Å². The third-order valence-corrected chi connectivity index (χ3v) is 2.86. The van der Waals surface area contributed by atoms with Crippen molar-refractivity contribution >= 4 is 11.7 Å². The van der Waals surface area contributed by atoms with Crippen molar-refractivity contribution in [2.75, 3.05) is 18.5 Å². The fourth-order valence-electron chi connectivity index (χ4n) is 2.17. The first kappa shape index (κ1) is 12.8. The van der Waals surface area contributed by atoms with Crippen LogP contribution in [0.3, 0.4) is 0 Å². The minimum atomic E-state index is -0.0177. The molecule has 1 saturated heterocycles. The minimum Gasteiger partial charge on any atom is -0.372 e. The molecule has 1 aliphatic rings. The molecule has 1 aromatic heterocycles. The number of aromatic nitrogens is 1. The number of carbonyl (C=O) groups is 1. The number of rotatable bonds is 2. The van der Waals surface area contributed by atoms with Crippen LogP contribution in [0.5, 0.6) is 0 Å². The van der Waals surface area contributed by atoms with Gasteiger partial charge in [0.05, 0.1) is 12.2 Å². The van der Waals surface area contributed by atoms with Crippen LogP contribution in [0.15, 0.2) is 18.3 Å². The second kappa shape index (κ2) is 5.32. The third kappa shape index (κ3) is 2.77. The summed E-state index contributed by atoms with van der Waals surface area (Å²) in [7, 11) is 0. The second-order valence-corrected chi connectivity index (χ2v) is 4.54. The smallest absolute Gasteiger partial charge is 0.254 e. The van der Waals surface area contributed by atoms with Crippen molar-refractivity contribution in [3.8, 4) is 0 Å². The summed E-state index contributed by atoms with van der Waals surface area (Å²) in [6, 6.07) is 3.33. The number of hydrogen-bond acceptors (Lipinski definition) is 5. The summed E-state index contributed by atoms with van der Waals surface area (Å²) in [6.45, 7) is 5.15. The van der Waals surface area contributed by atoms with Gasteiger partial charge in [0.1, 0.15) is 5.82 Å². The Morgan fingerprint density at radius 1 is 1.50 bits per heavy atom. The number of nitrogens with one attached hydrogen (secondary N) is 1. The van der Waals surface area contributed by atoms with Crippen molar-refractivity contribution in [2.45, 2.75) is 26.1 Å². The van der Waals surface area contributed by atoms with Crippen LogP contribution in [0.1, 0.15) is 24.2 Å². The summed E-state index contributed by atoms with van der Waals surface area (Å²) in [5.41, 5.74) is 3.02. The SMILES string of the molecule is C[C@@H]1CN(C(=O)c2ccnc(NN)c2)C[C@H](C)O1. The molecule has 0 aromatic carbocycles. The largest absolute Gasteiger partial charge is 0.372 e. The van der Waals surface area contributed by atoms with Gasteiger partial charge >= 0.3 is 0 Å². The van der Waals surface area contributed by atoms with Gasteiger partial charge in [-0.15, -0.1) is 0 Å². The number of nitrogens with zero attached hydrogens (tertiary/aromatic N) is 2. The molecule has 0 bridgehead atoms. The van der Waals surface area contributed by atoms with Gasteiger partial charge < -0.3 is 15.1 Å². The summed E-state index contributed by atoms with van der Waals surface area (Å²) in [4.78, 5) is 18.1. The lowest BCUT2D eigenvalue weighted by Gasteiger charge is -2.35. The molecule has 98 valence electrons. The number of pyridine rings is 1. The number of hydrazine groups is 1. The molecule has 0 aliphatic carbocycles. The summed E-state index contributed by atoms with van der Waals surface area (Å²) >= 11 is 0. The molecule has 2 heterocycles. The van der Waals surface area contributed by atoms with Gasteiger partial charge in [0.2, 0.25) is 0 Å².